The second-order valence-corrected chi connectivity index (χ2v) is 5.45. The second kappa shape index (κ2) is 5.86. The topological polar surface area (TPSA) is 29.1 Å². The van der Waals surface area contributed by atoms with Crippen LogP contribution in [0.15, 0.2) is 30.3 Å². The Bertz CT molecular complexity index is 485. The van der Waals surface area contributed by atoms with Gasteiger partial charge in [0.25, 0.3) is 10.2 Å². The third-order valence-electron chi connectivity index (χ3n) is 2.74. The molecule has 0 saturated heterocycles. The van der Waals surface area contributed by atoms with Crippen molar-refractivity contribution in [3.05, 3.63) is 35.9 Å². The Balaban J connectivity index is 3.05. The van der Waals surface area contributed by atoms with Gasteiger partial charge in [-0.2, -0.15) is 26.3 Å². The zero-order valence-corrected chi connectivity index (χ0v) is 12.1. The van der Waals surface area contributed by atoms with Crippen molar-refractivity contribution in [3.8, 4) is 0 Å². The Morgan fingerprint density at radius 1 is 1.05 bits per heavy atom. The smallest absolute Gasteiger partial charge is 0.348 e. The van der Waals surface area contributed by atoms with E-state index in [1.165, 1.54) is 35.0 Å². The molecule has 1 rings (SSSR count). The lowest BCUT2D eigenvalue weighted by atomic mass is 10.0. The fraction of sp³-hybridized carbons (Fsp3) is 0.417. The summed E-state index contributed by atoms with van der Waals surface area (Å²) < 4.78 is 71.4. The van der Waals surface area contributed by atoms with Crippen LogP contribution in [0.2, 0.25) is 0 Å². The first-order valence-electron chi connectivity index (χ1n) is 5.59. The van der Waals surface area contributed by atoms with Crippen LogP contribution >= 0.6 is 15.9 Å². The van der Waals surface area contributed by atoms with Gasteiger partial charge in [-0.3, -0.25) is 4.79 Å². The molecule has 1 aromatic rings. The van der Waals surface area contributed by atoms with Crippen molar-refractivity contribution < 1.29 is 31.1 Å². The van der Waals surface area contributed by atoms with Crippen molar-refractivity contribution in [2.24, 2.45) is 0 Å². The molecule has 21 heavy (non-hydrogen) atoms. The normalized spacial score (nSPS) is 14.7. The minimum atomic E-state index is -5.83. The quantitative estimate of drug-likeness (QED) is 0.622. The van der Waals surface area contributed by atoms with E-state index in [4.69, 9.17) is 0 Å². The van der Waals surface area contributed by atoms with Crippen molar-refractivity contribution in [2.75, 3.05) is 0 Å². The lowest BCUT2D eigenvalue weighted by molar-refractivity contribution is -0.255. The van der Waals surface area contributed by atoms with E-state index in [2.05, 4.69) is 0 Å². The zero-order chi connectivity index (χ0) is 16.5. The molecule has 0 bridgehead atoms. The molecule has 0 spiro atoms. The van der Waals surface area contributed by atoms with Crippen LogP contribution in [0.25, 0.3) is 0 Å². The fourth-order valence-corrected chi connectivity index (χ4v) is 1.65. The van der Waals surface area contributed by atoms with Crippen LogP contribution in [0.1, 0.15) is 18.5 Å². The van der Waals surface area contributed by atoms with Gasteiger partial charge >= 0.3 is 12.4 Å². The summed E-state index contributed by atoms with van der Waals surface area (Å²) >= 11 is 1.53. The van der Waals surface area contributed by atoms with Gasteiger partial charge in [-0.15, -0.1) is 0 Å². The molecule has 1 aromatic carbocycles. The van der Waals surface area contributed by atoms with E-state index in [1.807, 2.05) is 0 Å². The molecule has 2 nitrogen and oxygen atoms in total. The summed E-state index contributed by atoms with van der Waals surface area (Å²) in [6.45, 7) is 1.29. The maximum Gasteiger partial charge on any atom is 0.421 e. The van der Waals surface area contributed by atoms with Crippen molar-refractivity contribution in [2.45, 2.75) is 29.6 Å². The average molecular weight is 378 g/mol. The standard InChI is InChI=1S/C12H10BrF6NO/c1-7(8-5-3-2-4-6-8)20-9(21)10(13,11(14,15)16)12(17,18)19/h2-7H,1H3,(H,20,21). The average Bonchev–Trinajstić information content (AvgIpc) is 2.35. The van der Waals surface area contributed by atoms with Crippen LogP contribution in [0.3, 0.4) is 0 Å². The van der Waals surface area contributed by atoms with E-state index in [1.54, 1.807) is 23.5 Å². The SMILES string of the molecule is CC(NC(=O)C(Br)(C(F)(F)F)C(F)(F)F)c1ccccc1. The van der Waals surface area contributed by atoms with Crippen molar-refractivity contribution in [1.29, 1.82) is 0 Å². The summed E-state index contributed by atoms with van der Waals surface area (Å²) in [5.41, 5.74) is 0.380. The van der Waals surface area contributed by atoms with E-state index in [0.29, 0.717) is 5.56 Å². The maximum atomic E-state index is 12.7. The number of hydrogen-bond acceptors (Lipinski definition) is 1. The Hall–Kier alpha value is -1.25. The molecule has 0 saturated carbocycles. The Kier molecular flexibility index (Phi) is 4.97. The number of benzene rings is 1. The molecule has 9 heteroatoms. The van der Waals surface area contributed by atoms with Crippen LogP contribution in [-0.4, -0.2) is 22.6 Å². The van der Waals surface area contributed by atoms with Gasteiger partial charge in [0.15, 0.2) is 0 Å². The monoisotopic (exact) mass is 377 g/mol. The zero-order valence-electron chi connectivity index (χ0n) is 10.5. The van der Waals surface area contributed by atoms with Gasteiger partial charge in [-0.1, -0.05) is 46.3 Å². The summed E-state index contributed by atoms with van der Waals surface area (Å²) in [6, 6.07) is 6.66. The molecule has 1 atom stereocenters. The first-order valence-corrected chi connectivity index (χ1v) is 6.39. The van der Waals surface area contributed by atoms with Gasteiger partial charge in [0.05, 0.1) is 6.04 Å². The molecular weight excluding hydrogens is 368 g/mol. The highest BCUT2D eigenvalue weighted by atomic mass is 79.9. The highest BCUT2D eigenvalue weighted by Crippen LogP contribution is 2.49. The molecule has 0 heterocycles. The van der Waals surface area contributed by atoms with Crippen molar-refractivity contribution in [3.63, 3.8) is 0 Å². The summed E-state index contributed by atoms with van der Waals surface area (Å²) in [5, 5.41) is 1.72. The number of nitrogens with one attached hydrogen (secondary N) is 1. The largest absolute Gasteiger partial charge is 0.421 e. The van der Waals surface area contributed by atoms with Crippen molar-refractivity contribution in [1.82, 2.24) is 5.32 Å². The lowest BCUT2D eigenvalue weighted by Gasteiger charge is -2.31. The fourth-order valence-electron chi connectivity index (χ4n) is 1.54. The molecule has 0 aromatic heterocycles. The molecule has 0 aliphatic carbocycles. The molecular formula is C12H10BrF6NO. The van der Waals surface area contributed by atoms with Gasteiger partial charge in [0.1, 0.15) is 0 Å². The van der Waals surface area contributed by atoms with Gasteiger partial charge in [0, 0.05) is 0 Å². The summed E-state index contributed by atoms with van der Waals surface area (Å²) in [5.74, 6) is -2.21. The number of carbonyl (C=O) groups is 1. The van der Waals surface area contributed by atoms with Crippen LogP contribution in [0, 0.1) is 0 Å². The summed E-state index contributed by atoms with van der Waals surface area (Å²) in [4.78, 5) is 11.5. The van der Waals surface area contributed by atoms with E-state index in [0.717, 1.165) is 0 Å². The number of rotatable bonds is 3. The van der Waals surface area contributed by atoms with Gasteiger partial charge < -0.3 is 5.32 Å². The van der Waals surface area contributed by atoms with E-state index < -0.39 is 28.6 Å². The lowest BCUT2D eigenvalue weighted by Crippen LogP contribution is -2.61. The third-order valence-corrected chi connectivity index (χ3v) is 4.00. The Morgan fingerprint density at radius 3 is 1.86 bits per heavy atom. The molecule has 1 N–H and O–H groups in total. The summed E-state index contributed by atoms with van der Waals surface area (Å²) in [6.07, 6.45) is -11.7. The number of amides is 1. The van der Waals surface area contributed by atoms with Gasteiger partial charge in [-0.05, 0) is 12.5 Å². The molecule has 0 aliphatic rings. The number of carbonyl (C=O) groups excluding carboxylic acids is 1. The van der Waals surface area contributed by atoms with Gasteiger partial charge in [0.2, 0.25) is 0 Å². The number of hydrogen-bond donors (Lipinski definition) is 1. The van der Waals surface area contributed by atoms with Crippen LogP contribution < -0.4 is 5.32 Å². The first-order chi connectivity index (χ1) is 9.41. The second-order valence-electron chi connectivity index (χ2n) is 4.26. The number of halogens is 7. The predicted molar refractivity (Wildman–Crippen MR) is 66.8 cm³/mol. The van der Waals surface area contributed by atoms with Crippen LogP contribution in [-0.2, 0) is 4.79 Å². The van der Waals surface area contributed by atoms with E-state index >= 15 is 0 Å². The molecule has 1 amide bonds. The molecule has 118 valence electrons. The Morgan fingerprint density at radius 2 is 1.48 bits per heavy atom. The highest BCUT2D eigenvalue weighted by molar-refractivity contribution is 9.10. The van der Waals surface area contributed by atoms with E-state index in [9.17, 15) is 31.1 Å². The van der Waals surface area contributed by atoms with Crippen LogP contribution in [0.4, 0.5) is 26.3 Å². The molecule has 0 fully saturated rings. The van der Waals surface area contributed by atoms with Gasteiger partial charge in [-0.25, -0.2) is 0 Å². The third kappa shape index (κ3) is 3.50. The van der Waals surface area contributed by atoms with E-state index in [-0.39, 0.29) is 0 Å². The maximum absolute atomic E-state index is 12.7. The minimum absolute atomic E-state index is 0.380. The molecule has 0 aliphatic heterocycles. The molecule has 1 unspecified atom stereocenters. The summed E-state index contributed by atoms with van der Waals surface area (Å²) in [7, 11) is 0. The predicted octanol–water partition coefficient (Wildman–Crippen LogP) is 4.12. The van der Waals surface area contributed by atoms with Crippen molar-refractivity contribution >= 4 is 21.8 Å². The Labute approximate surface area is 124 Å². The number of alkyl halides is 7. The molecule has 0 radical (unpaired) electrons. The highest BCUT2D eigenvalue weighted by Gasteiger charge is 2.74. The first kappa shape index (κ1) is 17.8. The minimum Gasteiger partial charge on any atom is -0.348 e. The van der Waals surface area contributed by atoms with Crippen LogP contribution in [0.5, 0.6) is 0 Å².